The molecule has 1 heterocycles. The predicted molar refractivity (Wildman–Crippen MR) is 57.2 cm³/mol. The van der Waals surface area contributed by atoms with E-state index in [1.165, 1.54) is 0 Å². The van der Waals surface area contributed by atoms with Gasteiger partial charge in [0, 0.05) is 11.8 Å². The lowest BCUT2D eigenvalue weighted by Gasteiger charge is -2.20. The largest absolute Gasteiger partial charge is 0.472 e. The summed E-state index contributed by atoms with van der Waals surface area (Å²) in [4.78, 5) is 17.8. The van der Waals surface area contributed by atoms with E-state index in [9.17, 15) is 4.79 Å². The minimum atomic E-state index is -0.321. The summed E-state index contributed by atoms with van der Waals surface area (Å²) in [6.07, 6.45) is 2.30. The average Bonchev–Trinajstić information content (AvgIpc) is 2.80. The Morgan fingerprint density at radius 1 is 1.47 bits per heavy atom. The van der Waals surface area contributed by atoms with Crippen LogP contribution in [0.15, 0.2) is 10.9 Å². The zero-order chi connectivity index (χ0) is 11.1. The first-order valence-corrected chi connectivity index (χ1v) is 5.24. The molecule has 4 heteroatoms. The Morgan fingerprint density at radius 2 is 2.13 bits per heavy atom. The van der Waals surface area contributed by atoms with Gasteiger partial charge < -0.3 is 9.72 Å². The first-order valence-electron chi connectivity index (χ1n) is 5.24. The third-order valence-corrected chi connectivity index (χ3v) is 2.17. The standard InChI is InChI=1S/C11H16N2O2/c1-11(2,3)15-9-6-8(7-4-5-7)12-10(14)13-9/h6-7H,4-5H2,1-3H3,(H,12,13,14). The van der Waals surface area contributed by atoms with Gasteiger partial charge >= 0.3 is 5.69 Å². The van der Waals surface area contributed by atoms with Crippen LogP contribution in [0.2, 0.25) is 0 Å². The second-order valence-corrected chi connectivity index (χ2v) is 4.97. The smallest absolute Gasteiger partial charge is 0.348 e. The SMILES string of the molecule is CC(C)(C)Oc1cc(C2CC2)[nH]c(=O)n1. The highest BCUT2D eigenvalue weighted by Crippen LogP contribution is 2.39. The van der Waals surface area contributed by atoms with Crippen molar-refractivity contribution in [3.8, 4) is 5.88 Å². The molecule has 0 amide bonds. The molecule has 0 spiro atoms. The topological polar surface area (TPSA) is 55.0 Å². The van der Waals surface area contributed by atoms with E-state index in [-0.39, 0.29) is 11.3 Å². The van der Waals surface area contributed by atoms with E-state index in [1.54, 1.807) is 0 Å². The highest BCUT2D eigenvalue weighted by Gasteiger charge is 2.26. The van der Waals surface area contributed by atoms with Crippen molar-refractivity contribution in [2.45, 2.75) is 45.1 Å². The zero-order valence-corrected chi connectivity index (χ0v) is 9.33. The van der Waals surface area contributed by atoms with Crippen LogP contribution in [0.25, 0.3) is 0 Å². The molecule has 1 aliphatic rings. The number of hydrogen-bond acceptors (Lipinski definition) is 3. The van der Waals surface area contributed by atoms with Crippen molar-refractivity contribution in [1.29, 1.82) is 0 Å². The van der Waals surface area contributed by atoms with Crippen LogP contribution in [-0.4, -0.2) is 15.6 Å². The fourth-order valence-electron chi connectivity index (χ4n) is 1.43. The van der Waals surface area contributed by atoms with E-state index in [0.717, 1.165) is 18.5 Å². The molecular weight excluding hydrogens is 192 g/mol. The fraction of sp³-hybridized carbons (Fsp3) is 0.636. The van der Waals surface area contributed by atoms with E-state index in [4.69, 9.17) is 4.74 Å². The van der Waals surface area contributed by atoms with Crippen molar-refractivity contribution in [2.24, 2.45) is 0 Å². The van der Waals surface area contributed by atoms with Crippen LogP contribution in [0, 0.1) is 0 Å². The van der Waals surface area contributed by atoms with Crippen molar-refractivity contribution in [2.75, 3.05) is 0 Å². The number of aromatic amines is 1. The van der Waals surface area contributed by atoms with Gasteiger partial charge in [-0.2, -0.15) is 4.98 Å². The highest BCUT2D eigenvalue weighted by molar-refractivity contribution is 5.20. The second-order valence-electron chi connectivity index (χ2n) is 4.97. The van der Waals surface area contributed by atoms with Crippen molar-refractivity contribution in [3.63, 3.8) is 0 Å². The first-order chi connectivity index (χ1) is 6.94. The molecule has 0 unspecified atom stereocenters. The Kier molecular flexibility index (Phi) is 2.29. The van der Waals surface area contributed by atoms with Crippen LogP contribution in [0.5, 0.6) is 5.88 Å². The molecule has 4 nitrogen and oxygen atoms in total. The maximum absolute atomic E-state index is 11.3. The van der Waals surface area contributed by atoms with Crippen LogP contribution in [-0.2, 0) is 0 Å². The third-order valence-electron chi connectivity index (χ3n) is 2.17. The minimum absolute atomic E-state index is 0.318. The monoisotopic (exact) mass is 208 g/mol. The fourth-order valence-corrected chi connectivity index (χ4v) is 1.43. The Hall–Kier alpha value is -1.32. The van der Waals surface area contributed by atoms with Gasteiger partial charge in [0.05, 0.1) is 0 Å². The third kappa shape index (κ3) is 2.81. The van der Waals surface area contributed by atoms with E-state index >= 15 is 0 Å². The number of rotatable bonds is 2. The summed E-state index contributed by atoms with van der Waals surface area (Å²) in [6, 6.07) is 1.84. The molecule has 1 saturated carbocycles. The van der Waals surface area contributed by atoms with Crippen LogP contribution in [0.4, 0.5) is 0 Å². The molecule has 1 aromatic heterocycles. The molecular formula is C11H16N2O2. The van der Waals surface area contributed by atoms with Crippen molar-refractivity contribution in [3.05, 3.63) is 22.2 Å². The normalized spacial score (nSPS) is 16.5. The van der Waals surface area contributed by atoms with E-state index in [2.05, 4.69) is 9.97 Å². The van der Waals surface area contributed by atoms with E-state index < -0.39 is 0 Å². The Labute approximate surface area is 88.7 Å². The number of ether oxygens (including phenoxy) is 1. The Balaban J connectivity index is 2.27. The van der Waals surface area contributed by atoms with Gasteiger partial charge in [-0.3, -0.25) is 0 Å². The number of hydrogen-bond donors (Lipinski definition) is 1. The molecule has 0 radical (unpaired) electrons. The summed E-state index contributed by atoms with van der Waals surface area (Å²) in [7, 11) is 0. The molecule has 2 rings (SSSR count). The predicted octanol–water partition coefficient (Wildman–Crippen LogP) is 1.82. The van der Waals surface area contributed by atoms with Gasteiger partial charge in [-0.05, 0) is 39.5 Å². The lowest BCUT2D eigenvalue weighted by atomic mass is 10.2. The first kappa shape index (κ1) is 10.2. The van der Waals surface area contributed by atoms with Crippen molar-refractivity contribution >= 4 is 0 Å². The van der Waals surface area contributed by atoms with E-state index in [1.807, 2.05) is 26.8 Å². The molecule has 0 aromatic carbocycles. The molecule has 0 saturated heterocycles. The molecule has 15 heavy (non-hydrogen) atoms. The maximum atomic E-state index is 11.3. The molecule has 1 aromatic rings. The molecule has 1 fully saturated rings. The van der Waals surface area contributed by atoms with Gasteiger partial charge in [0.15, 0.2) is 0 Å². The van der Waals surface area contributed by atoms with Gasteiger partial charge in [-0.15, -0.1) is 0 Å². The number of nitrogens with one attached hydrogen (secondary N) is 1. The zero-order valence-electron chi connectivity index (χ0n) is 9.33. The van der Waals surface area contributed by atoms with Gasteiger partial charge in [0.25, 0.3) is 0 Å². The van der Waals surface area contributed by atoms with E-state index in [0.29, 0.717) is 11.8 Å². The van der Waals surface area contributed by atoms with Gasteiger partial charge in [0.1, 0.15) is 5.60 Å². The van der Waals surface area contributed by atoms with Gasteiger partial charge in [0.2, 0.25) is 5.88 Å². The average molecular weight is 208 g/mol. The number of H-pyrrole nitrogens is 1. The summed E-state index contributed by atoms with van der Waals surface area (Å²) in [5.41, 5.74) is 0.314. The molecule has 0 aliphatic heterocycles. The Bertz CT molecular complexity index is 413. The molecule has 1 N–H and O–H groups in total. The molecule has 0 atom stereocenters. The number of aromatic nitrogens is 2. The second kappa shape index (κ2) is 3.36. The van der Waals surface area contributed by atoms with Crippen LogP contribution >= 0.6 is 0 Å². The molecule has 82 valence electrons. The van der Waals surface area contributed by atoms with Crippen LogP contribution < -0.4 is 10.4 Å². The molecule has 1 aliphatic carbocycles. The molecule has 0 bridgehead atoms. The summed E-state index contributed by atoms with van der Waals surface area (Å²) in [6.45, 7) is 5.81. The summed E-state index contributed by atoms with van der Waals surface area (Å²) in [5.74, 6) is 0.927. The number of nitrogens with zero attached hydrogens (tertiary/aromatic N) is 1. The quantitative estimate of drug-likeness (QED) is 0.806. The van der Waals surface area contributed by atoms with Crippen molar-refractivity contribution < 1.29 is 4.74 Å². The highest BCUT2D eigenvalue weighted by atomic mass is 16.5. The lowest BCUT2D eigenvalue weighted by Crippen LogP contribution is -2.25. The minimum Gasteiger partial charge on any atom is -0.472 e. The van der Waals surface area contributed by atoms with Gasteiger partial charge in [-0.1, -0.05) is 0 Å². The van der Waals surface area contributed by atoms with Crippen LogP contribution in [0.1, 0.15) is 45.2 Å². The summed E-state index contributed by atoms with van der Waals surface area (Å²) >= 11 is 0. The Morgan fingerprint density at radius 3 is 2.67 bits per heavy atom. The van der Waals surface area contributed by atoms with Gasteiger partial charge in [-0.25, -0.2) is 4.79 Å². The van der Waals surface area contributed by atoms with Crippen molar-refractivity contribution in [1.82, 2.24) is 9.97 Å². The maximum Gasteiger partial charge on any atom is 0.348 e. The summed E-state index contributed by atoms with van der Waals surface area (Å²) in [5, 5.41) is 0. The lowest BCUT2D eigenvalue weighted by molar-refractivity contribution is 0.123. The van der Waals surface area contributed by atoms with Crippen LogP contribution in [0.3, 0.4) is 0 Å². The summed E-state index contributed by atoms with van der Waals surface area (Å²) < 4.78 is 5.57.